The van der Waals surface area contributed by atoms with E-state index in [-0.39, 0.29) is 62.9 Å². The third kappa shape index (κ3) is 16.8. The fraction of sp³-hybridized carbons (Fsp3) is 0.395. The fourth-order valence-corrected chi connectivity index (χ4v) is 5.86. The summed E-state index contributed by atoms with van der Waals surface area (Å²) in [5.41, 5.74) is 2.83. The number of nitrogens with one attached hydrogen (secondary N) is 2. The molecule has 0 aliphatic heterocycles. The van der Waals surface area contributed by atoms with E-state index in [1.54, 1.807) is 17.1 Å². The quantitative estimate of drug-likeness (QED) is 0.0513. The standard InChI is InChI=1S/C43H55N3O7/c1-3-5-24-38(29-34-18-9-6-10-19-34)42(50)52-33-39(25-15-16-26-44-43(51)53-32-36-22-13-8-14-23-36)45-41(49)37(17-4-2)30-40(48)46(27-28-47)31-35-20-11-7-12-21-35/h3-4,6-14,18-23,37-39,47H,1-2,5,15-17,24-33H2,(H,44,51)(H,45,49). The number of carbonyl (C=O) groups excluding carboxylic acids is 4. The van der Waals surface area contributed by atoms with E-state index < -0.39 is 18.1 Å². The molecule has 0 aliphatic carbocycles. The fourth-order valence-electron chi connectivity index (χ4n) is 5.86. The first-order valence-corrected chi connectivity index (χ1v) is 18.4. The van der Waals surface area contributed by atoms with Gasteiger partial charge in [0.15, 0.2) is 0 Å². The third-order valence-electron chi connectivity index (χ3n) is 8.79. The Kier molecular flexibility index (Phi) is 19.8. The number of allylic oxidation sites excluding steroid dienone is 2. The van der Waals surface area contributed by atoms with E-state index in [1.165, 1.54) is 0 Å². The second-order valence-corrected chi connectivity index (χ2v) is 13.0. The molecular weight excluding hydrogens is 670 g/mol. The maximum absolute atomic E-state index is 13.7. The second kappa shape index (κ2) is 24.9. The largest absolute Gasteiger partial charge is 0.463 e. The number of benzene rings is 3. The number of esters is 1. The highest BCUT2D eigenvalue weighted by Crippen LogP contribution is 2.19. The van der Waals surface area contributed by atoms with Crippen molar-refractivity contribution in [1.29, 1.82) is 0 Å². The topological polar surface area (TPSA) is 134 Å². The van der Waals surface area contributed by atoms with Gasteiger partial charge in [0, 0.05) is 26.1 Å². The molecule has 0 radical (unpaired) electrons. The van der Waals surface area contributed by atoms with Crippen molar-refractivity contribution in [2.45, 2.75) is 70.6 Å². The molecule has 10 heteroatoms. The van der Waals surface area contributed by atoms with Crippen LogP contribution in [0.15, 0.2) is 116 Å². The molecule has 3 rings (SSSR count). The van der Waals surface area contributed by atoms with Gasteiger partial charge in [-0.15, -0.1) is 13.2 Å². The maximum Gasteiger partial charge on any atom is 0.407 e. The van der Waals surface area contributed by atoms with Crippen LogP contribution in [0.4, 0.5) is 4.79 Å². The molecule has 0 bridgehead atoms. The van der Waals surface area contributed by atoms with Gasteiger partial charge in [0.1, 0.15) is 13.2 Å². The van der Waals surface area contributed by atoms with Gasteiger partial charge in [0.25, 0.3) is 0 Å². The molecule has 0 aromatic heterocycles. The number of nitrogens with zero attached hydrogens (tertiary/aromatic N) is 1. The minimum atomic E-state index is -0.713. The van der Waals surface area contributed by atoms with Crippen LogP contribution in [0.1, 0.15) is 61.6 Å². The first-order valence-electron chi connectivity index (χ1n) is 18.4. The van der Waals surface area contributed by atoms with Crippen LogP contribution in [0.25, 0.3) is 0 Å². The van der Waals surface area contributed by atoms with Crippen LogP contribution in [0.2, 0.25) is 0 Å². The number of aliphatic hydroxyl groups excluding tert-OH is 1. The molecule has 3 amide bonds. The molecule has 0 aliphatic rings. The van der Waals surface area contributed by atoms with Crippen molar-refractivity contribution in [2.75, 3.05) is 26.3 Å². The number of ether oxygens (including phenoxy) is 2. The Bertz CT molecular complexity index is 1540. The molecule has 3 N–H and O–H groups in total. The maximum atomic E-state index is 13.7. The summed E-state index contributed by atoms with van der Waals surface area (Å²) < 4.78 is 11.2. The molecular formula is C43H55N3O7. The third-order valence-corrected chi connectivity index (χ3v) is 8.79. The average Bonchev–Trinajstić information content (AvgIpc) is 3.18. The summed E-state index contributed by atoms with van der Waals surface area (Å²) in [7, 11) is 0. The Hall–Kier alpha value is -5.22. The van der Waals surface area contributed by atoms with Gasteiger partial charge in [-0.3, -0.25) is 14.4 Å². The Labute approximate surface area is 314 Å². The van der Waals surface area contributed by atoms with Crippen LogP contribution < -0.4 is 10.6 Å². The monoisotopic (exact) mass is 725 g/mol. The SMILES string of the molecule is C=CCCC(Cc1ccccc1)C(=O)OCC(CCCCNC(=O)OCc1ccccc1)NC(=O)C(CC=C)CC(=O)N(CCO)Cc1ccccc1. The van der Waals surface area contributed by atoms with Crippen LogP contribution in [-0.4, -0.2) is 66.2 Å². The minimum absolute atomic E-state index is 0.0457. The van der Waals surface area contributed by atoms with E-state index in [2.05, 4.69) is 23.8 Å². The average molecular weight is 726 g/mol. The number of alkyl carbamates (subject to hydrolysis) is 1. The summed E-state index contributed by atoms with van der Waals surface area (Å²) in [5.74, 6) is -2.06. The Morgan fingerprint density at radius 2 is 1.42 bits per heavy atom. The molecule has 3 unspecified atom stereocenters. The Balaban J connectivity index is 1.63. The molecule has 3 aromatic rings. The summed E-state index contributed by atoms with van der Waals surface area (Å²) in [6.07, 6.45) is 6.49. The second-order valence-electron chi connectivity index (χ2n) is 13.0. The highest BCUT2D eigenvalue weighted by atomic mass is 16.5. The molecule has 3 atom stereocenters. The zero-order valence-electron chi connectivity index (χ0n) is 30.7. The lowest BCUT2D eigenvalue weighted by molar-refractivity contribution is -0.150. The zero-order chi connectivity index (χ0) is 38.1. The molecule has 0 spiro atoms. The highest BCUT2D eigenvalue weighted by molar-refractivity contribution is 5.86. The van der Waals surface area contributed by atoms with E-state index in [9.17, 15) is 24.3 Å². The summed E-state index contributed by atoms with van der Waals surface area (Å²) >= 11 is 0. The number of carbonyl (C=O) groups is 4. The van der Waals surface area contributed by atoms with Crippen molar-refractivity contribution < 1.29 is 33.8 Å². The normalized spacial score (nSPS) is 12.4. The lowest BCUT2D eigenvalue weighted by Crippen LogP contribution is -2.44. The Morgan fingerprint density at radius 1 is 0.774 bits per heavy atom. The van der Waals surface area contributed by atoms with Crippen LogP contribution in [0.3, 0.4) is 0 Å². The van der Waals surface area contributed by atoms with Gasteiger partial charge in [-0.05, 0) is 61.6 Å². The number of hydrogen-bond donors (Lipinski definition) is 3. The van der Waals surface area contributed by atoms with Gasteiger partial charge in [-0.25, -0.2) is 4.79 Å². The molecule has 3 aromatic carbocycles. The Morgan fingerprint density at radius 3 is 2.04 bits per heavy atom. The lowest BCUT2D eigenvalue weighted by atomic mass is 9.95. The number of hydrogen-bond acceptors (Lipinski definition) is 7. The van der Waals surface area contributed by atoms with Crippen molar-refractivity contribution in [2.24, 2.45) is 11.8 Å². The first kappa shape index (κ1) is 42.2. The molecule has 53 heavy (non-hydrogen) atoms. The number of aliphatic hydroxyl groups is 1. The van der Waals surface area contributed by atoms with Crippen LogP contribution in [-0.2, 0) is 43.4 Å². The predicted molar refractivity (Wildman–Crippen MR) is 206 cm³/mol. The highest BCUT2D eigenvalue weighted by Gasteiger charge is 2.27. The number of rotatable bonds is 25. The zero-order valence-corrected chi connectivity index (χ0v) is 30.7. The van der Waals surface area contributed by atoms with Gasteiger partial charge in [0.2, 0.25) is 11.8 Å². The number of amides is 3. The van der Waals surface area contributed by atoms with Gasteiger partial charge in [-0.1, -0.05) is 103 Å². The van der Waals surface area contributed by atoms with Crippen molar-refractivity contribution in [1.82, 2.24) is 15.5 Å². The van der Waals surface area contributed by atoms with Crippen molar-refractivity contribution >= 4 is 23.9 Å². The minimum Gasteiger partial charge on any atom is -0.463 e. The van der Waals surface area contributed by atoms with Crippen LogP contribution in [0.5, 0.6) is 0 Å². The van der Waals surface area contributed by atoms with Gasteiger partial charge >= 0.3 is 12.1 Å². The molecule has 0 saturated heterocycles. The lowest BCUT2D eigenvalue weighted by Gasteiger charge is -2.26. The summed E-state index contributed by atoms with van der Waals surface area (Å²) in [5, 5.41) is 15.5. The van der Waals surface area contributed by atoms with E-state index in [0.29, 0.717) is 51.6 Å². The predicted octanol–water partition coefficient (Wildman–Crippen LogP) is 6.54. The van der Waals surface area contributed by atoms with E-state index in [4.69, 9.17) is 9.47 Å². The van der Waals surface area contributed by atoms with Gasteiger partial charge in [-0.2, -0.15) is 0 Å². The van der Waals surface area contributed by atoms with Crippen LogP contribution >= 0.6 is 0 Å². The van der Waals surface area contributed by atoms with Crippen molar-refractivity contribution in [3.8, 4) is 0 Å². The molecule has 0 fully saturated rings. The van der Waals surface area contributed by atoms with Gasteiger partial charge in [0.05, 0.1) is 24.5 Å². The van der Waals surface area contributed by atoms with E-state index in [1.807, 2.05) is 91.0 Å². The smallest absolute Gasteiger partial charge is 0.407 e. The first-order chi connectivity index (χ1) is 25.8. The molecule has 0 heterocycles. The van der Waals surface area contributed by atoms with Gasteiger partial charge < -0.3 is 30.1 Å². The van der Waals surface area contributed by atoms with E-state index in [0.717, 1.165) is 16.7 Å². The molecule has 284 valence electrons. The van der Waals surface area contributed by atoms with Crippen LogP contribution in [0, 0.1) is 11.8 Å². The summed E-state index contributed by atoms with van der Waals surface area (Å²) in [6, 6.07) is 28.1. The summed E-state index contributed by atoms with van der Waals surface area (Å²) in [6.45, 7) is 8.34. The summed E-state index contributed by atoms with van der Waals surface area (Å²) in [4.78, 5) is 54.4. The van der Waals surface area contributed by atoms with Crippen molar-refractivity contribution in [3.05, 3.63) is 133 Å². The molecule has 10 nitrogen and oxygen atoms in total. The van der Waals surface area contributed by atoms with E-state index >= 15 is 0 Å². The molecule has 0 saturated carbocycles. The number of unbranched alkanes of at least 4 members (excludes halogenated alkanes) is 1. The van der Waals surface area contributed by atoms with Crippen molar-refractivity contribution in [3.63, 3.8) is 0 Å².